The van der Waals surface area contributed by atoms with E-state index in [1.54, 1.807) is 0 Å². The molecule has 1 N–H and O–H groups in total. The van der Waals surface area contributed by atoms with E-state index < -0.39 is 0 Å². The minimum atomic E-state index is -0.297. The lowest BCUT2D eigenvalue weighted by Crippen LogP contribution is -2.54. The summed E-state index contributed by atoms with van der Waals surface area (Å²) in [6, 6.07) is 0.237. The Hall–Kier alpha value is -1.16. The number of carbonyl (C=O) groups is 1. The standard InChI is InChI=1S/C16H25N3O/c1-11(2)19-13-12(10-18-19)9-16(5-7-17-8-6-16)15(3,4)14(13)20/h10-11,17H,5-9H2,1-4H3. The Balaban J connectivity index is 2.11. The molecule has 1 aliphatic carbocycles. The van der Waals surface area contributed by atoms with Crippen LogP contribution in [0.5, 0.6) is 0 Å². The second-order valence-corrected chi connectivity index (χ2v) is 7.22. The summed E-state index contributed by atoms with van der Waals surface area (Å²) in [5.74, 6) is 0.284. The number of hydrogen-bond acceptors (Lipinski definition) is 3. The van der Waals surface area contributed by atoms with Crippen molar-refractivity contribution < 1.29 is 4.79 Å². The maximum absolute atomic E-state index is 13.1. The van der Waals surface area contributed by atoms with Gasteiger partial charge in [0.15, 0.2) is 5.78 Å². The fourth-order valence-corrected chi connectivity index (χ4v) is 4.00. The first-order chi connectivity index (χ1) is 9.39. The molecule has 110 valence electrons. The first kappa shape index (κ1) is 13.8. The Morgan fingerprint density at radius 2 is 1.95 bits per heavy atom. The van der Waals surface area contributed by atoms with Gasteiger partial charge in [0, 0.05) is 17.0 Å². The highest BCUT2D eigenvalue weighted by molar-refractivity contribution is 6.01. The summed E-state index contributed by atoms with van der Waals surface area (Å²) >= 11 is 0. The summed E-state index contributed by atoms with van der Waals surface area (Å²) in [6.07, 6.45) is 5.08. The van der Waals surface area contributed by atoms with Gasteiger partial charge in [0.1, 0.15) is 5.69 Å². The number of carbonyl (C=O) groups excluding carboxylic acids is 1. The number of Topliss-reactive ketones (excluding diaryl/α,β-unsaturated/α-hetero) is 1. The van der Waals surface area contributed by atoms with Crippen molar-refractivity contribution in [1.82, 2.24) is 15.1 Å². The Morgan fingerprint density at radius 1 is 1.30 bits per heavy atom. The number of rotatable bonds is 1. The van der Waals surface area contributed by atoms with Crippen LogP contribution < -0.4 is 5.32 Å². The van der Waals surface area contributed by atoms with Crippen LogP contribution in [0.15, 0.2) is 6.20 Å². The van der Waals surface area contributed by atoms with E-state index in [1.807, 2.05) is 10.9 Å². The Labute approximate surface area is 120 Å². The van der Waals surface area contributed by atoms with Gasteiger partial charge >= 0.3 is 0 Å². The van der Waals surface area contributed by atoms with E-state index in [4.69, 9.17) is 0 Å². The molecule has 20 heavy (non-hydrogen) atoms. The normalized spacial score (nSPS) is 24.1. The van der Waals surface area contributed by atoms with Crippen molar-refractivity contribution >= 4 is 5.78 Å². The summed E-state index contributed by atoms with van der Waals surface area (Å²) in [5, 5.41) is 7.90. The third-order valence-electron chi connectivity index (χ3n) is 5.56. The van der Waals surface area contributed by atoms with E-state index in [0.717, 1.165) is 43.6 Å². The number of ketones is 1. The second kappa shape index (κ2) is 4.42. The van der Waals surface area contributed by atoms with E-state index in [0.29, 0.717) is 0 Å². The van der Waals surface area contributed by atoms with Crippen LogP contribution in [0.4, 0.5) is 0 Å². The third-order valence-corrected chi connectivity index (χ3v) is 5.56. The molecule has 1 saturated heterocycles. The fourth-order valence-electron chi connectivity index (χ4n) is 4.00. The van der Waals surface area contributed by atoms with Crippen molar-refractivity contribution in [1.29, 1.82) is 0 Å². The highest BCUT2D eigenvalue weighted by Crippen LogP contribution is 2.53. The van der Waals surface area contributed by atoms with E-state index in [2.05, 4.69) is 38.1 Å². The van der Waals surface area contributed by atoms with Crippen LogP contribution in [0.1, 0.15) is 62.6 Å². The summed E-state index contributed by atoms with van der Waals surface area (Å²) in [6.45, 7) is 10.5. The third kappa shape index (κ3) is 1.70. The van der Waals surface area contributed by atoms with Crippen LogP contribution in [0.2, 0.25) is 0 Å². The second-order valence-electron chi connectivity index (χ2n) is 7.22. The van der Waals surface area contributed by atoms with Gasteiger partial charge in [-0.15, -0.1) is 0 Å². The molecule has 4 heteroatoms. The van der Waals surface area contributed by atoms with E-state index in [9.17, 15) is 4.79 Å². The van der Waals surface area contributed by atoms with Crippen molar-refractivity contribution in [3.63, 3.8) is 0 Å². The van der Waals surface area contributed by atoms with Gasteiger partial charge in [0.2, 0.25) is 0 Å². The van der Waals surface area contributed by atoms with Gasteiger partial charge in [-0.1, -0.05) is 13.8 Å². The Kier molecular flexibility index (Phi) is 3.05. The van der Waals surface area contributed by atoms with Crippen LogP contribution in [0.3, 0.4) is 0 Å². The Bertz CT molecular complexity index is 536. The number of hydrogen-bond donors (Lipinski definition) is 1. The van der Waals surface area contributed by atoms with Crippen LogP contribution in [-0.2, 0) is 6.42 Å². The molecule has 1 fully saturated rings. The van der Waals surface area contributed by atoms with E-state index in [1.165, 1.54) is 0 Å². The molecule has 1 aromatic rings. The molecule has 1 spiro atoms. The van der Waals surface area contributed by atoms with Gasteiger partial charge in [0.25, 0.3) is 0 Å². The average molecular weight is 275 g/mol. The molecule has 0 saturated carbocycles. The van der Waals surface area contributed by atoms with Crippen molar-refractivity contribution in [3.8, 4) is 0 Å². The van der Waals surface area contributed by atoms with Gasteiger partial charge in [0.05, 0.1) is 6.20 Å². The van der Waals surface area contributed by atoms with Gasteiger partial charge < -0.3 is 5.32 Å². The summed E-state index contributed by atoms with van der Waals surface area (Å²) in [5.41, 5.74) is 1.82. The quantitative estimate of drug-likeness (QED) is 0.857. The molecule has 2 heterocycles. The summed E-state index contributed by atoms with van der Waals surface area (Å²) in [4.78, 5) is 13.1. The average Bonchev–Trinajstić information content (AvgIpc) is 2.81. The zero-order valence-corrected chi connectivity index (χ0v) is 13.0. The minimum Gasteiger partial charge on any atom is -0.317 e. The van der Waals surface area contributed by atoms with Crippen molar-refractivity contribution in [2.24, 2.45) is 10.8 Å². The monoisotopic (exact) mass is 275 g/mol. The molecule has 0 aromatic carbocycles. The van der Waals surface area contributed by atoms with E-state index in [-0.39, 0.29) is 22.7 Å². The molecule has 0 bridgehead atoms. The lowest BCUT2D eigenvalue weighted by atomic mass is 9.53. The van der Waals surface area contributed by atoms with Crippen LogP contribution in [0.25, 0.3) is 0 Å². The maximum Gasteiger partial charge on any atom is 0.187 e. The smallest absolute Gasteiger partial charge is 0.187 e. The molecule has 3 rings (SSSR count). The molecule has 0 unspecified atom stereocenters. The molecular formula is C16H25N3O. The minimum absolute atomic E-state index is 0.104. The fraction of sp³-hybridized carbons (Fsp3) is 0.750. The molecule has 1 aromatic heterocycles. The zero-order chi connectivity index (χ0) is 14.5. The highest BCUT2D eigenvalue weighted by atomic mass is 16.1. The SMILES string of the molecule is CC(C)n1ncc2c1C(=O)C(C)(C)C1(CCNCC1)C2. The first-order valence-electron chi connectivity index (χ1n) is 7.71. The number of aromatic nitrogens is 2. The molecule has 0 atom stereocenters. The van der Waals surface area contributed by atoms with Gasteiger partial charge in [-0.25, -0.2) is 0 Å². The molecule has 1 aliphatic heterocycles. The number of nitrogens with one attached hydrogen (secondary N) is 1. The van der Waals surface area contributed by atoms with Crippen molar-refractivity contribution in [2.45, 2.75) is 53.0 Å². The van der Waals surface area contributed by atoms with Gasteiger partial charge in [-0.3, -0.25) is 9.48 Å². The van der Waals surface area contributed by atoms with Gasteiger partial charge in [-0.05, 0) is 51.6 Å². The predicted molar refractivity (Wildman–Crippen MR) is 79.0 cm³/mol. The first-order valence-corrected chi connectivity index (χ1v) is 7.71. The van der Waals surface area contributed by atoms with E-state index >= 15 is 0 Å². The largest absolute Gasteiger partial charge is 0.317 e. The highest BCUT2D eigenvalue weighted by Gasteiger charge is 2.54. The lowest BCUT2D eigenvalue weighted by molar-refractivity contribution is 0.0210. The molecule has 4 nitrogen and oxygen atoms in total. The predicted octanol–water partition coefficient (Wildman–Crippen LogP) is 2.60. The van der Waals surface area contributed by atoms with Crippen LogP contribution >= 0.6 is 0 Å². The lowest BCUT2D eigenvalue weighted by Gasteiger charge is -2.51. The van der Waals surface area contributed by atoms with Crippen molar-refractivity contribution in [3.05, 3.63) is 17.5 Å². The number of fused-ring (bicyclic) bond motifs is 1. The summed E-state index contributed by atoms with van der Waals surface area (Å²) < 4.78 is 1.91. The van der Waals surface area contributed by atoms with Crippen LogP contribution in [0, 0.1) is 10.8 Å². The topological polar surface area (TPSA) is 46.9 Å². The molecule has 2 aliphatic rings. The van der Waals surface area contributed by atoms with Crippen LogP contribution in [-0.4, -0.2) is 28.7 Å². The van der Waals surface area contributed by atoms with Gasteiger partial charge in [-0.2, -0.15) is 5.10 Å². The van der Waals surface area contributed by atoms with Crippen molar-refractivity contribution in [2.75, 3.05) is 13.1 Å². The molecule has 0 radical (unpaired) electrons. The zero-order valence-electron chi connectivity index (χ0n) is 13.0. The maximum atomic E-state index is 13.1. The molecule has 0 amide bonds. The summed E-state index contributed by atoms with van der Waals surface area (Å²) in [7, 11) is 0. The molecular weight excluding hydrogens is 250 g/mol. The number of nitrogens with zero attached hydrogens (tertiary/aromatic N) is 2. The number of piperidine rings is 1. The Morgan fingerprint density at radius 3 is 2.55 bits per heavy atom.